The first-order valence-corrected chi connectivity index (χ1v) is 5.07. The van der Waals surface area contributed by atoms with Crippen molar-refractivity contribution in [2.75, 3.05) is 0 Å². The smallest absolute Gasteiger partial charge is 0.0538 e. The summed E-state index contributed by atoms with van der Waals surface area (Å²) in [5.74, 6) is 2.52. The van der Waals surface area contributed by atoms with E-state index in [0.717, 1.165) is 17.8 Å². The second kappa shape index (κ2) is 1.65. The molecule has 4 unspecified atom stereocenters. The van der Waals surface area contributed by atoms with Crippen LogP contribution in [0.5, 0.6) is 0 Å². The van der Waals surface area contributed by atoms with Gasteiger partial charge in [-0.15, -0.1) is 0 Å². The summed E-state index contributed by atoms with van der Waals surface area (Å²) in [5.41, 5.74) is 1.48. The van der Waals surface area contributed by atoms with Gasteiger partial charge in [0.1, 0.15) is 0 Å². The van der Waals surface area contributed by atoms with Gasteiger partial charge in [-0.3, -0.25) is 0 Å². The first-order chi connectivity index (χ1) is 5.27. The van der Waals surface area contributed by atoms with Gasteiger partial charge in [0.05, 0.1) is 3.42 Å². The number of allylic oxidation sites excluding steroid dienone is 5. The molecule has 4 atom stereocenters. The maximum atomic E-state index is 3.81. The molecule has 1 saturated carbocycles. The molecule has 0 heterocycles. The largest absolute Gasteiger partial charge is 0.0988 e. The topological polar surface area (TPSA) is 0 Å². The van der Waals surface area contributed by atoms with Gasteiger partial charge in [-0.2, -0.15) is 0 Å². The molecular weight excluding hydrogens is 247 g/mol. The molecule has 56 valence electrons. The number of alkyl halides is 1. The Labute approximate surface area is 80.2 Å². The summed E-state index contributed by atoms with van der Waals surface area (Å²) in [4.78, 5) is 0. The molecule has 0 nitrogen and oxygen atoms in total. The quantitative estimate of drug-likeness (QED) is 0.384. The minimum absolute atomic E-state index is 0.523. The van der Waals surface area contributed by atoms with Gasteiger partial charge in [0.15, 0.2) is 0 Å². The highest BCUT2D eigenvalue weighted by atomic mass is 127. The highest BCUT2D eigenvalue weighted by Gasteiger charge is 2.65. The Morgan fingerprint density at radius 2 is 2.36 bits per heavy atom. The predicted octanol–water partition coefficient (Wildman–Crippen LogP) is 2.72. The predicted molar refractivity (Wildman–Crippen MR) is 54.6 cm³/mol. The highest BCUT2D eigenvalue weighted by Crippen LogP contribution is 2.69. The molecule has 0 aromatic carbocycles. The van der Waals surface area contributed by atoms with Gasteiger partial charge in [-0.25, -0.2) is 0 Å². The maximum Gasteiger partial charge on any atom is 0.0538 e. The van der Waals surface area contributed by atoms with E-state index in [9.17, 15) is 0 Å². The van der Waals surface area contributed by atoms with Crippen LogP contribution in [-0.2, 0) is 0 Å². The zero-order valence-electron chi connectivity index (χ0n) is 6.13. The first kappa shape index (κ1) is 6.46. The summed E-state index contributed by atoms with van der Waals surface area (Å²) in [7, 11) is 0. The van der Waals surface area contributed by atoms with Crippen molar-refractivity contribution in [2.45, 2.75) is 3.42 Å². The molecule has 1 heteroatoms. The van der Waals surface area contributed by atoms with Gasteiger partial charge in [-0.05, 0) is 11.5 Å². The van der Waals surface area contributed by atoms with Crippen LogP contribution < -0.4 is 0 Å². The summed E-state index contributed by atoms with van der Waals surface area (Å²) in [5, 5.41) is 0. The monoisotopic (exact) mass is 256 g/mol. The van der Waals surface area contributed by atoms with Crippen LogP contribution in [0.1, 0.15) is 0 Å². The summed E-state index contributed by atoms with van der Waals surface area (Å²) in [6.45, 7) is 3.81. The lowest BCUT2D eigenvalue weighted by atomic mass is 9.44. The maximum absolute atomic E-state index is 3.81. The van der Waals surface area contributed by atoms with E-state index in [-0.39, 0.29) is 0 Å². The Morgan fingerprint density at radius 3 is 2.82 bits per heavy atom. The fraction of sp³-hybridized carbons (Fsp3) is 0.400. The second-order valence-electron chi connectivity index (χ2n) is 3.63. The number of fused-ring (bicyclic) bond motifs is 4. The highest BCUT2D eigenvalue weighted by molar-refractivity contribution is 14.1. The van der Waals surface area contributed by atoms with Crippen LogP contribution in [0.15, 0.2) is 36.5 Å². The molecule has 3 aliphatic rings. The van der Waals surface area contributed by atoms with E-state index in [4.69, 9.17) is 0 Å². The summed E-state index contributed by atoms with van der Waals surface area (Å²) in [6.07, 6.45) is 9.10. The van der Waals surface area contributed by atoms with E-state index in [1.165, 1.54) is 5.57 Å². The molecule has 3 rings (SSSR count). The second-order valence-corrected chi connectivity index (χ2v) is 5.50. The Hall–Kier alpha value is -0.0500. The Morgan fingerprint density at radius 1 is 1.55 bits per heavy atom. The van der Waals surface area contributed by atoms with Crippen LogP contribution in [0.3, 0.4) is 0 Å². The normalized spacial score (nSPS) is 55.7. The van der Waals surface area contributed by atoms with Crippen molar-refractivity contribution in [2.24, 2.45) is 17.8 Å². The zero-order chi connectivity index (χ0) is 7.64. The Kier molecular flexibility index (Phi) is 0.972. The molecule has 11 heavy (non-hydrogen) atoms. The van der Waals surface area contributed by atoms with Crippen LogP contribution in [0.25, 0.3) is 0 Å². The zero-order valence-corrected chi connectivity index (χ0v) is 8.28. The lowest BCUT2D eigenvalue weighted by Crippen LogP contribution is -2.64. The van der Waals surface area contributed by atoms with Crippen LogP contribution >= 0.6 is 22.6 Å². The number of halogens is 1. The molecule has 0 amide bonds. The minimum Gasteiger partial charge on any atom is -0.0988 e. The summed E-state index contributed by atoms with van der Waals surface area (Å²) in [6, 6.07) is 0. The van der Waals surface area contributed by atoms with E-state index in [2.05, 4.69) is 47.4 Å². The van der Waals surface area contributed by atoms with E-state index in [0.29, 0.717) is 3.42 Å². The van der Waals surface area contributed by atoms with Crippen molar-refractivity contribution in [3.8, 4) is 0 Å². The van der Waals surface area contributed by atoms with Gasteiger partial charge in [0.2, 0.25) is 0 Å². The van der Waals surface area contributed by atoms with E-state index in [1.807, 2.05) is 6.08 Å². The minimum atomic E-state index is 0.523. The molecule has 0 aromatic rings. The van der Waals surface area contributed by atoms with Gasteiger partial charge in [-0.1, -0.05) is 53.5 Å². The number of hydrogen-bond acceptors (Lipinski definition) is 0. The Balaban J connectivity index is 1.99. The first-order valence-electron chi connectivity index (χ1n) is 4.00. The van der Waals surface area contributed by atoms with Crippen molar-refractivity contribution in [1.29, 1.82) is 0 Å². The van der Waals surface area contributed by atoms with Gasteiger partial charge >= 0.3 is 0 Å². The SMILES string of the molecule is C=CC1=CC2C1C1C=CC12I. The number of hydrogen-bond donors (Lipinski definition) is 0. The van der Waals surface area contributed by atoms with E-state index in [1.54, 1.807) is 0 Å². The molecule has 0 radical (unpaired) electrons. The standard InChI is InChI=1S/C10H9I/c1-2-6-5-8-9(6)7-3-4-10(7,8)11/h2-5,7-9H,1H2. The van der Waals surface area contributed by atoms with Crippen molar-refractivity contribution in [3.63, 3.8) is 0 Å². The molecule has 0 aliphatic heterocycles. The molecule has 3 aliphatic carbocycles. The Bertz CT molecular complexity index is 300. The average Bonchev–Trinajstić information content (AvgIpc) is 1.96. The van der Waals surface area contributed by atoms with Crippen LogP contribution in [0, 0.1) is 17.8 Å². The molecule has 0 bridgehead atoms. The third-order valence-corrected chi connectivity index (χ3v) is 5.15. The third-order valence-electron chi connectivity index (χ3n) is 3.35. The lowest BCUT2D eigenvalue weighted by molar-refractivity contribution is 0.105. The summed E-state index contributed by atoms with van der Waals surface area (Å²) < 4.78 is 0.523. The van der Waals surface area contributed by atoms with Crippen LogP contribution in [0.2, 0.25) is 0 Å². The van der Waals surface area contributed by atoms with Gasteiger partial charge < -0.3 is 0 Å². The van der Waals surface area contributed by atoms with Crippen molar-refractivity contribution < 1.29 is 0 Å². The molecule has 0 saturated heterocycles. The lowest BCUT2D eigenvalue weighted by Gasteiger charge is -2.65. The van der Waals surface area contributed by atoms with Crippen molar-refractivity contribution in [1.82, 2.24) is 0 Å². The van der Waals surface area contributed by atoms with Crippen molar-refractivity contribution in [3.05, 3.63) is 36.5 Å². The summed E-state index contributed by atoms with van der Waals surface area (Å²) >= 11 is 2.59. The molecule has 1 fully saturated rings. The van der Waals surface area contributed by atoms with Gasteiger partial charge in [0, 0.05) is 11.8 Å². The fourth-order valence-corrected chi connectivity index (χ4v) is 3.92. The molecule has 0 spiro atoms. The molecular formula is C10H9I. The van der Waals surface area contributed by atoms with E-state index < -0.39 is 0 Å². The van der Waals surface area contributed by atoms with E-state index >= 15 is 0 Å². The van der Waals surface area contributed by atoms with Crippen LogP contribution in [0.4, 0.5) is 0 Å². The number of rotatable bonds is 1. The third kappa shape index (κ3) is 0.487. The molecule has 0 aromatic heterocycles. The van der Waals surface area contributed by atoms with Crippen LogP contribution in [-0.4, -0.2) is 3.42 Å². The average molecular weight is 256 g/mol. The van der Waals surface area contributed by atoms with Gasteiger partial charge in [0.25, 0.3) is 0 Å². The fourth-order valence-electron chi connectivity index (χ4n) is 2.55. The molecule has 0 N–H and O–H groups in total. The van der Waals surface area contributed by atoms with Crippen molar-refractivity contribution >= 4 is 22.6 Å².